The van der Waals surface area contributed by atoms with Crippen molar-refractivity contribution >= 4 is 5.91 Å². The van der Waals surface area contributed by atoms with Gasteiger partial charge in [-0.1, -0.05) is 25.8 Å². The van der Waals surface area contributed by atoms with Crippen LogP contribution < -0.4 is 5.32 Å². The predicted molar refractivity (Wildman–Crippen MR) is 74.4 cm³/mol. The maximum atomic E-state index is 12.9. The second-order valence-corrected chi connectivity index (χ2v) is 5.75. The first kappa shape index (κ1) is 13.6. The summed E-state index contributed by atoms with van der Waals surface area (Å²) in [6.07, 6.45) is 8.69. The summed E-state index contributed by atoms with van der Waals surface area (Å²) in [7, 11) is 0. The van der Waals surface area contributed by atoms with Gasteiger partial charge in [-0.3, -0.25) is 4.79 Å². The van der Waals surface area contributed by atoms with Crippen molar-refractivity contribution in [2.24, 2.45) is 5.41 Å². The summed E-state index contributed by atoms with van der Waals surface area (Å²) in [6, 6.07) is 0.458. The first-order valence-electron chi connectivity index (χ1n) is 7.36. The van der Waals surface area contributed by atoms with Crippen LogP contribution in [0, 0.1) is 5.41 Å². The third-order valence-electron chi connectivity index (χ3n) is 4.73. The van der Waals surface area contributed by atoms with Gasteiger partial charge in [-0.25, -0.2) is 0 Å². The van der Waals surface area contributed by atoms with E-state index in [1.54, 1.807) is 0 Å². The summed E-state index contributed by atoms with van der Waals surface area (Å²) in [6.45, 7) is 8.51. The van der Waals surface area contributed by atoms with Crippen LogP contribution in [0.2, 0.25) is 0 Å². The molecule has 1 atom stereocenters. The van der Waals surface area contributed by atoms with E-state index in [4.69, 9.17) is 0 Å². The van der Waals surface area contributed by atoms with E-state index in [-0.39, 0.29) is 5.41 Å². The Morgan fingerprint density at radius 2 is 2.22 bits per heavy atom. The molecule has 1 saturated heterocycles. The third-order valence-corrected chi connectivity index (χ3v) is 4.73. The Bertz CT molecular complexity index is 302. The topological polar surface area (TPSA) is 32.3 Å². The van der Waals surface area contributed by atoms with Gasteiger partial charge in [0.1, 0.15) is 0 Å². The minimum Gasteiger partial charge on any atom is -0.335 e. The summed E-state index contributed by atoms with van der Waals surface area (Å²) in [5.41, 5.74) is -0.147. The van der Waals surface area contributed by atoms with Gasteiger partial charge < -0.3 is 10.2 Å². The van der Waals surface area contributed by atoms with Gasteiger partial charge in [0.25, 0.3) is 0 Å². The monoisotopic (exact) mass is 250 g/mol. The van der Waals surface area contributed by atoms with Crippen LogP contribution in [-0.4, -0.2) is 36.5 Å². The van der Waals surface area contributed by atoms with Crippen molar-refractivity contribution in [3.63, 3.8) is 0 Å². The molecule has 2 rings (SSSR count). The SMILES string of the molecule is C=CCN(C(=O)C1(CC)CCNC1)C1CCCC1. The minimum absolute atomic E-state index is 0.147. The molecule has 0 radical (unpaired) electrons. The highest BCUT2D eigenvalue weighted by Crippen LogP contribution is 2.34. The summed E-state index contributed by atoms with van der Waals surface area (Å²) >= 11 is 0. The van der Waals surface area contributed by atoms with E-state index < -0.39 is 0 Å². The highest BCUT2D eigenvalue weighted by molar-refractivity contribution is 5.84. The van der Waals surface area contributed by atoms with Gasteiger partial charge in [-0.2, -0.15) is 0 Å². The van der Waals surface area contributed by atoms with E-state index in [0.717, 1.165) is 25.9 Å². The molecule has 3 nitrogen and oxygen atoms in total. The van der Waals surface area contributed by atoms with Crippen LogP contribution in [-0.2, 0) is 4.79 Å². The highest BCUT2D eigenvalue weighted by Gasteiger charge is 2.43. The van der Waals surface area contributed by atoms with E-state index in [2.05, 4.69) is 23.7 Å². The lowest BCUT2D eigenvalue weighted by Gasteiger charge is -2.36. The molecule has 0 aromatic rings. The van der Waals surface area contributed by atoms with Gasteiger partial charge in [-0.05, 0) is 32.2 Å². The van der Waals surface area contributed by atoms with Gasteiger partial charge >= 0.3 is 0 Å². The molecule has 1 aliphatic carbocycles. The number of amides is 1. The number of carbonyl (C=O) groups excluding carboxylic acids is 1. The van der Waals surface area contributed by atoms with Crippen molar-refractivity contribution in [1.82, 2.24) is 10.2 Å². The molecule has 102 valence electrons. The molecule has 2 fully saturated rings. The maximum Gasteiger partial charge on any atom is 0.230 e. The average Bonchev–Trinajstić information content (AvgIpc) is 3.06. The maximum absolute atomic E-state index is 12.9. The quantitative estimate of drug-likeness (QED) is 0.760. The Morgan fingerprint density at radius 3 is 2.72 bits per heavy atom. The van der Waals surface area contributed by atoms with Crippen LogP contribution >= 0.6 is 0 Å². The Labute approximate surface area is 111 Å². The zero-order valence-corrected chi connectivity index (χ0v) is 11.6. The molecule has 0 bridgehead atoms. The largest absolute Gasteiger partial charge is 0.335 e. The number of hydrogen-bond donors (Lipinski definition) is 1. The summed E-state index contributed by atoms with van der Waals surface area (Å²) in [4.78, 5) is 15.0. The molecule has 0 aromatic carbocycles. The number of rotatable bonds is 5. The molecule has 1 amide bonds. The number of nitrogens with zero attached hydrogens (tertiary/aromatic N) is 1. The number of carbonyl (C=O) groups is 1. The summed E-state index contributed by atoms with van der Waals surface area (Å²) in [5, 5.41) is 3.36. The lowest BCUT2D eigenvalue weighted by Crippen LogP contribution is -2.49. The first-order valence-corrected chi connectivity index (χ1v) is 7.36. The lowest BCUT2D eigenvalue weighted by molar-refractivity contribution is -0.143. The fourth-order valence-electron chi connectivity index (χ4n) is 3.44. The highest BCUT2D eigenvalue weighted by atomic mass is 16.2. The van der Waals surface area contributed by atoms with Crippen LogP contribution in [0.4, 0.5) is 0 Å². The summed E-state index contributed by atoms with van der Waals surface area (Å²) < 4.78 is 0. The van der Waals surface area contributed by atoms with E-state index in [0.29, 0.717) is 18.5 Å². The Kier molecular flexibility index (Phi) is 4.44. The molecular weight excluding hydrogens is 224 g/mol. The zero-order valence-electron chi connectivity index (χ0n) is 11.6. The number of hydrogen-bond acceptors (Lipinski definition) is 2. The van der Waals surface area contributed by atoms with Crippen molar-refractivity contribution in [1.29, 1.82) is 0 Å². The van der Waals surface area contributed by atoms with Crippen LogP contribution in [0.1, 0.15) is 45.4 Å². The Balaban J connectivity index is 2.13. The van der Waals surface area contributed by atoms with Crippen LogP contribution in [0.5, 0.6) is 0 Å². The normalized spacial score (nSPS) is 28.5. The molecule has 2 aliphatic rings. The van der Waals surface area contributed by atoms with Gasteiger partial charge in [-0.15, -0.1) is 6.58 Å². The zero-order chi connectivity index (χ0) is 13.0. The standard InChI is InChI=1S/C15H26N2O/c1-3-11-17(13-7-5-6-8-13)14(18)15(4-2)9-10-16-12-15/h3,13,16H,1,4-12H2,2H3. The van der Waals surface area contributed by atoms with Crippen LogP contribution in [0.3, 0.4) is 0 Å². The van der Waals surface area contributed by atoms with Crippen molar-refractivity contribution < 1.29 is 4.79 Å². The predicted octanol–water partition coefficient (Wildman–Crippen LogP) is 2.33. The fourth-order valence-corrected chi connectivity index (χ4v) is 3.44. The molecule has 18 heavy (non-hydrogen) atoms. The van der Waals surface area contributed by atoms with Crippen LogP contribution in [0.25, 0.3) is 0 Å². The molecule has 0 spiro atoms. The van der Waals surface area contributed by atoms with E-state index >= 15 is 0 Å². The molecule has 1 aliphatic heterocycles. The molecular formula is C15H26N2O. The van der Waals surface area contributed by atoms with Gasteiger partial charge in [0.15, 0.2) is 0 Å². The molecule has 1 heterocycles. The van der Waals surface area contributed by atoms with Crippen molar-refractivity contribution in [3.05, 3.63) is 12.7 Å². The molecule has 0 aromatic heterocycles. The van der Waals surface area contributed by atoms with E-state index in [1.165, 1.54) is 25.7 Å². The molecule has 3 heteroatoms. The molecule has 1 saturated carbocycles. The van der Waals surface area contributed by atoms with Gasteiger partial charge in [0.2, 0.25) is 5.91 Å². The van der Waals surface area contributed by atoms with Gasteiger partial charge in [0, 0.05) is 19.1 Å². The second-order valence-electron chi connectivity index (χ2n) is 5.75. The Morgan fingerprint density at radius 1 is 1.50 bits per heavy atom. The average molecular weight is 250 g/mol. The molecule has 1 N–H and O–H groups in total. The number of nitrogens with one attached hydrogen (secondary N) is 1. The fraction of sp³-hybridized carbons (Fsp3) is 0.800. The third kappa shape index (κ3) is 2.46. The van der Waals surface area contributed by atoms with Crippen molar-refractivity contribution in [2.45, 2.75) is 51.5 Å². The van der Waals surface area contributed by atoms with E-state index in [1.807, 2.05) is 6.08 Å². The lowest BCUT2D eigenvalue weighted by atomic mass is 9.82. The van der Waals surface area contributed by atoms with Gasteiger partial charge in [0.05, 0.1) is 5.41 Å². The van der Waals surface area contributed by atoms with E-state index in [9.17, 15) is 4.79 Å². The Hall–Kier alpha value is -0.830. The van der Waals surface area contributed by atoms with Crippen LogP contribution in [0.15, 0.2) is 12.7 Å². The molecule has 1 unspecified atom stereocenters. The second kappa shape index (κ2) is 5.87. The smallest absolute Gasteiger partial charge is 0.230 e. The first-order chi connectivity index (χ1) is 8.73. The minimum atomic E-state index is -0.147. The van der Waals surface area contributed by atoms with Crippen molar-refractivity contribution in [3.8, 4) is 0 Å². The summed E-state index contributed by atoms with van der Waals surface area (Å²) in [5.74, 6) is 0.363. The van der Waals surface area contributed by atoms with Crippen molar-refractivity contribution in [2.75, 3.05) is 19.6 Å².